The van der Waals surface area contributed by atoms with Crippen molar-refractivity contribution in [3.63, 3.8) is 0 Å². The van der Waals surface area contributed by atoms with Crippen LogP contribution < -0.4 is 9.62 Å². The number of hydrogen-bond acceptors (Lipinski definition) is 3. The van der Waals surface area contributed by atoms with Crippen molar-refractivity contribution in [2.45, 2.75) is 33.2 Å². The van der Waals surface area contributed by atoms with Crippen molar-refractivity contribution in [2.24, 2.45) is 0 Å². The zero-order chi connectivity index (χ0) is 20.4. The lowest BCUT2D eigenvalue weighted by Gasteiger charge is -2.31. The number of rotatable bonds is 6. The summed E-state index contributed by atoms with van der Waals surface area (Å²) < 4.78 is 26.1. The Morgan fingerprint density at radius 3 is 2.26 bits per heavy atom. The van der Waals surface area contributed by atoms with Crippen molar-refractivity contribution in [1.29, 1.82) is 0 Å². The molecule has 1 atom stereocenters. The number of amides is 1. The Balaban J connectivity index is 2.50. The Hall–Kier alpha value is -1.76. The van der Waals surface area contributed by atoms with Gasteiger partial charge < -0.3 is 5.32 Å². The summed E-state index contributed by atoms with van der Waals surface area (Å²) in [5.74, 6) is -0.434. The minimum Gasteiger partial charge on any atom is -0.324 e. The first-order valence-electron chi connectivity index (χ1n) is 8.37. The quantitative estimate of drug-likeness (QED) is 0.718. The van der Waals surface area contributed by atoms with E-state index in [1.54, 1.807) is 13.0 Å². The van der Waals surface area contributed by atoms with Crippen LogP contribution >= 0.6 is 23.2 Å². The number of carbonyl (C=O) groups is 1. The van der Waals surface area contributed by atoms with E-state index >= 15 is 0 Å². The highest BCUT2D eigenvalue weighted by Crippen LogP contribution is 2.33. The summed E-state index contributed by atoms with van der Waals surface area (Å²) in [6.07, 6.45) is 1.30. The van der Waals surface area contributed by atoms with Gasteiger partial charge in [0.2, 0.25) is 15.9 Å². The number of carbonyl (C=O) groups excluding carboxylic acids is 1. The number of aryl methyl sites for hydroxylation is 2. The molecule has 2 aromatic carbocycles. The fraction of sp³-hybridized carbons (Fsp3) is 0.316. The molecule has 0 saturated heterocycles. The predicted octanol–water partition coefficient (Wildman–Crippen LogP) is 4.79. The lowest BCUT2D eigenvalue weighted by molar-refractivity contribution is -0.117. The molecule has 0 saturated carbocycles. The summed E-state index contributed by atoms with van der Waals surface area (Å²) in [6, 6.07) is 9.19. The van der Waals surface area contributed by atoms with E-state index in [9.17, 15) is 13.2 Å². The van der Waals surface area contributed by atoms with Crippen LogP contribution in [0.2, 0.25) is 10.0 Å². The second-order valence-corrected chi connectivity index (χ2v) is 9.04. The number of nitrogens with one attached hydrogen (secondary N) is 1. The van der Waals surface area contributed by atoms with Crippen molar-refractivity contribution in [2.75, 3.05) is 15.9 Å². The maximum Gasteiger partial charge on any atom is 0.248 e. The standard InChI is InChI=1S/C19H22Cl2N2O3S/c1-5-16(19(24)22-18-12(2)7-6-8-13(18)3)23(27(4,25)26)17-11-14(20)9-10-15(17)21/h6-11,16H,5H2,1-4H3,(H,22,24). The smallest absolute Gasteiger partial charge is 0.248 e. The van der Waals surface area contributed by atoms with Gasteiger partial charge in [-0.15, -0.1) is 0 Å². The first kappa shape index (κ1) is 21.5. The fourth-order valence-corrected chi connectivity index (χ4v) is 4.55. The summed E-state index contributed by atoms with van der Waals surface area (Å²) in [5, 5.41) is 3.39. The Morgan fingerprint density at radius 2 is 1.74 bits per heavy atom. The van der Waals surface area contributed by atoms with Crippen molar-refractivity contribution in [3.8, 4) is 0 Å². The van der Waals surface area contributed by atoms with Crippen LogP contribution in [0, 0.1) is 13.8 Å². The average Bonchev–Trinajstić information content (AvgIpc) is 2.57. The monoisotopic (exact) mass is 428 g/mol. The summed E-state index contributed by atoms with van der Waals surface area (Å²) in [7, 11) is -3.80. The lowest BCUT2D eigenvalue weighted by Crippen LogP contribution is -2.47. The van der Waals surface area contributed by atoms with Gasteiger partial charge in [0.05, 0.1) is 17.0 Å². The molecule has 0 heterocycles. The molecule has 1 amide bonds. The van der Waals surface area contributed by atoms with E-state index in [0.29, 0.717) is 10.7 Å². The second-order valence-electron chi connectivity index (χ2n) is 6.33. The van der Waals surface area contributed by atoms with E-state index in [1.807, 2.05) is 32.0 Å². The zero-order valence-electron chi connectivity index (χ0n) is 15.6. The van der Waals surface area contributed by atoms with Gasteiger partial charge in [0.15, 0.2) is 0 Å². The molecular formula is C19H22Cl2N2O3S. The van der Waals surface area contributed by atoms with Crippen LogP contribution in [-0.4, -0.2) is 26.6 Å². The van der Waals surface area contributed by atoms with E-state index in [2.05, 4.69) is 5.32 Å². The number of anilines is 2. The molecule has 8 heteroatoms. The van der Waals surface area contributed by atoms with Gasteiger partial charge in [0, 0.05) is 10.7 Å². The molecule has 2 aromatic rings. The molecule has 27 heavy (non-hydrogen) atoms. The van der Waals surface area contributed by atoms with E-state index in [1.165, 1.54) is 12.1 Å². The van der Waals surface area contributed by atoms with Crippen molar-refractivity contribution < 1.29 is 13.2 Å². The van der Waals surface area contributed by atoms with Gasteiger partial charge in [-0.2, -0.15) is 0 Å². The van der Waals surface area contributed by atoms with Crippen molar-refractivity contribution in [1.82, 2.24) is 0 Å². The predicted molar refractivity (Wildman–Crippen MR) is 112 cm³/mol. The van der Waals surface area contributed by atoms with Crippen LogP contribution in [0.3, 0.4) is 0 Å². The van der Waals surface area contributed by atoms with Gasteiger partial charge in [-0.3, -0.25) is 9.10 Å². The molecular weight excluding hydrogens is 407 g/mol. The summed E-state index contributed by atoms with van der Waals surface area (Å²) >= 11 is 12.2. The number of halogens is 2. The highest BCUT2D eigenvalue weighted by molar-refractivity contribution is 7.92. The van der Waals surface area contributed by atoms with Crippen LogP contribution in [0.1, 0.15) is 24.5 Å². The van der Waals surface area contributed by atoms with E-state index in [4.69, 9.17) is 23.2 Å². The van der Waals surface area contributed by atoms with Crippen molar-refractivity contribution >= 4 is 50.5 Å². The SMILES string of the molecule is CCC(C(=O)Nc1c(C)cccc1C)N(c1cc(Cl)ccc1Cl)S(C)(=O)=O. The molecule has 1 unspecified atom stereocenters. The average molecular weight is 429 g/mol. The molecule has 0 bridgehead atoms. The molecule has 0 fully saturated rings. The Kier molecular flexibility index (Phi) is 6.78. The highest BCUT2D eigenvalue weighted by atomic mass is 35.5. The van der Waals surface area contributed by atoms with E-state index in [-0.39, 0.29) is 17.1 Å². The second kappa shape index (κ2) is 8.50. The maximum absolute atomic E-state index is 13.0. The van der Waals surface area contributed by atoms with Crippen LogP contribution in [0.5, 0.6) is 0 Å². The first-order valence-corrected chi connectivity index (χ1v) is 11.0. The minimum atomic E-state index is -3.80. The van der Waals surface area contributed by atoms with Crippen molar-refractivity contribution in [3.05, 3.63) is 57.6 Å². The molecule has 146 valence electrons. The van der Waals surface area contributed by atoms with Gasteiger partial charge in [-0.05, 0) is 49.6 Å². The molecule has 0 aliphatic rings. The van der Waals surface area contributed by atoms with Gasteiger partial charge in [-0.1, -0.05) is 48.3 Å². The Morgan fingerprint density at radius 1 is 1.15 bits per heavy atom. The number of para-hydroxylation sites is 1. The molecule has 0 aliphatic carbocycles. The third-order valence-corrected chi connectivity index (χ3v) is 5.93. The normalized spacial score (nSPS) is 12.5. The molecule has 2 rings (SSSR count). The van der Waals surface area contributed by atoms with E-state index in [0.717, 1.165) is 21.7 Å². The van der Waals surface area contributed by atoms with Crippen LogP contribution in [0.4, 0.5) is 11.4 Å². The molecule has 5 nitrogen and oxygen atoms in total. The minimum absolute atomic E-state index is 0.176. The van der Waals surface area contributed by atoms with Crippen LogP contribution in [-0.2, 0) is 14.8 Å². The number of benzene rings is 2. The highest BCUT2D eigenvalue weighted by Gasteiger charge is 2.33. The first-order chi connectivity index (χ1) is 12.6. The lowest BCUT2D eigenvalue weighted by atomic mass is 10.1. The van der Waals surface area contributed by atoms with Crippen LogP contribution in [0.25, 0.3) is 0 Å². The van der Waals surface area contributed by atoms with E-state index < -0.39 is 22.0 Å². The zero-order valence-corrected chi connectivity index (χ0v) is 17.9. The van der Waals surface area contributed by atoms with Gasteiger partial charge in [-0.25, -0.2) is 8.42 Å². The topological polar surface area (TPSA) is 66.5 Å². The number of hydrogen-bond donors (Lipinski definition) is 1. The fourth-order valence-electron chi connectivity index (χ4n) is 2.91. The third kappa shape index (κ3) is 4.94. The summed E-state index contributed by atoms with van der Waals surface area (Å²) in [4.78, 5) is 13.0. The number of nitrogens with zero attached hydrogens (tertiary/aromatic N) is 1. The third-order valence-electron chi connectivity index (χ3n) is 4.20. The molecule has 0 aliphatic heterocycles. The Bertz CT molecular complexity index is 941. The molecule has 0 radical (unpaired) electrons. The summed E-state index contributed by atoms with van der Waals surface area (Å²) in [6.45, 7) is 5.50. The number of sulfonamides is 1. The maximum atomic E-state index is 13.0. The van der Waals surface area contributed by atoms with Crippen LogP contribution in [0.15, 0.2) is 36.4 Å². The molecule has 1 N–H and O–H groups in total. The molecule has 0 aromatic heterocycles. The van der Waals surface area contributed by atoms with Gasteiger partial charge in [0.25, 0.3) is 0 Å². The Labute approximate surface area is 170 Å². The van der Waals surface area contributed by atoms with Gasteiger partial charge in [0.1, 0.15) is 6.04 Å². The largest absolute Gasteiger partial charge is 0.324 e. The van der Waals surface area contributed by atoms with Gasteiger partial charge >= 0.3 is 0 Å². The summed E-state index contributed by atoms with van der Waals surface area (Å²) in [5.41, 5.74) is 2.64. The molecule has 0 spiro atoms.